The van der Waals surface area contributed by atoms with Gasteiger partial charge in [-0.15, -0.1) is 10.2 Å². The van der Waals surface area contributed by atoms with Crippen LogP contribution in [0.4, 0.5) is 4.39 Å². The van der Waals surface area contributed by atoms with Crippen LogP contribution in [0.1, 0.15) is 43.5 Å². The number of hydrogen-bond acceptors (Lipinski definition) is 5. The Hall–Kier alpha value is -3.07. The summed E-state index contributed by atoms with van der Waals surface area (Å²) in [5.74, 6) is -0.109. The first kappa shape index (κ1) is 23.1. The number of nitrogens with zero attached hydrogens (tertiary/aromatic N) is 4. The molecular formula is C24H30FN5O3. The van der Waals surface area contributed by atoms with Crippen molar-refractivity contribution in [2.75, 3.05) is 26.3 Å². The van der Waals surface area contributed by atoms with Gasteiger partial charge in [0.05, 0.1) is 18.6 Å². The number of halogens is 1. The predicted molar refractivity (Wildman–Crippen MR) is 120 cm³/mol. The van der Waals surface area contributed by atoms with Crippen molar-refractivity contribution < 1.29 is 18.7 Å². The largest absolute Gasteiger partial charge is 0.381 e. The molecule has 8 nitrogen and oxygen atoms in total. The molecule has 1 aromatic carbocycles. The number of nitrogens with one attached hydrogen (secondary N) is 1. The Morgan fingerprint density at radius 3 is 2.67 bits per heavy atom. The van der Waals surface area contributed by atoms with Gasteiger partial charge in [0.25, 0.3) is 5.91 Å². The van der Waals surface area contributed by atoms with E-state index in [2.05, 4.69) is 15.5 Å². The molecule has 0 saturated carbocycles. The number of benzene rings is 1. The number of ether oxygens (including phenoxy) is 1. The van der Waals surface area contributed by atoms with Crippen LogP contribution >= 0.6 is 0 Å². The van der Waals surface area contributed by atoms with E-state index in [4.69, 9.17) is 4.74 Å². The molecule has 176 valence electrons. The highest BCUT2D eigenvalue weighted by Gasteiger charge is 2.32. The number of rotatable bonds is 6. The average Bonchev–Trinajstić information content (AvgIpc) is 3.44. The van der Waals surface area contributed by atoms with E-state index in [0.29, 0.717) is 57.1 Å². The third-order valence-corrected chi connectivity index (χ3v) is 6.18. The lowest BCUT2D eigenvalue weighted by molar-refractivity contribution is -0.128. The highest BCUT2D eigenvalue weighted by Crippen LogP contribution is 2.24. The van der Waals surface area contributed by atoms with Crippen LogP contribution in [-0.4, -0.2) is 57.8 Å². The molecule has 0 spiro atoms. The standard InChI is InChI=1S/C24H30FN5O3/c1-16(2)21(26-23(31)18-9-13-33-15-18)22-28-27-20-8-10-29(11-12-30(20)22)24(32)19(25)14-17-6-4-3-5-7-17/h3-7,14,16,18,21H,8-13,15H2,1-2H3,(H,26,31)/b19-14-/t18-,21+/m0/s1. The van der Waals surface area contributed by atoms with Crippen molar-refractivity contribution in [2.24, 2.45) is 11.8 Å². The van der Waals surface area contributed by atoms with Gasteiger partial charge in [-0.2, -0.15) is 0 Å². The first-order valence-corrected chi connectivity index (χ1v) is 11.5. The molecule has 2 aliphatic rings. The molecule has 0 bridgehead atoms. The van der Waals surface area contributed by atoms with Crippen LogP contribution in [0.25, 0.3) is 6.08 Å². The van der Waals surface area contributed by atoms with Crippen LogP contribution in [0.15, 0.2) is 36.2 Å². The molecular weight excluding hydrogens is 425 g/mol. The zero-order valence-electron chi connectivity index (χ0n) is 19.0. The Balaban J connectivity index is 1.47. The number of aromatic nitrogens is 3. The van der Waals surface area contributed by atoms with E-state index in [0.717, 1.165) is 5.82 Å². The molecule has 9 heteroatoms. The lowest BCUT2D eigenvalue weighted by Crippen LogP contribution is -2.38. The van der Waals surface area contributed by atoms with Crippen molar-refractivity contribution in [2.45, 2.75) is 39.3 Å². The van der Waals surface area contributed by atoms with Crippen molar-refractivity contribution in [1.82, 2.24) is 25.0 Å². The predicted octanol–water partition coefficient (Wildman–Crippen LogP) is 2.52. The SMILES string of the molecule is CC(C)[C@@H](NC(=O)[C@H]1CCOC1)c1nnc2n1CCN(C(=O)/C(F)=C/c1ccccc1)CC2. The minimum atomic E-state index is -0.787. The molecule has 33 heavy (non-hydrogen) atoms. The summed E-state index contributed by atoms with van der Waals surface area (Å²) in [5.41, 5.74) is 0.640. The molecule has 2 atom stereocenters. The van der Waals surface area contributed by atoms with Gasteiger partial charge >= 0.3 is 0 Å². The van der Waals surface area contributed by atoms with Crippen molar-refractivity contribution in [3.63, 3.8) is 0 Å². The van der Waals surface area contributed by atoms with E-state index < -0.39 is 11.7 Å². The highest BCUT2D eigenvalue weighted by molar-refractivity contribution is 5.95. The second kappa shape index (κ2) is 10.2. The molecule has 3 heterocycles. The molecule has 2 amide bonds. The number of amides is 2. The number of hydrogen-bond donors (Lipinski definition) is 1. The van der Waals surface area contributed by atoms with E-state index in [1.54, 1.807) is 24.3 Å². The summed E-state index contributed by atoms with van der Waals surface area (Å²) in [4.78, 5) is 26.9. The van der Waals surface area contributed by atoms with E-state index in [-0.39, 0.29) is 23.8 Å². The van der Waals surface area contributed by atoms with Gasteiger partial charge in [0.1, 0.15) is 5.82 Å². The van der Waals surface area contributed by atoms with Crippen molar-refractivity contribution in [3.05, 3.63) is 53.4 Å². The summed E-state index contributed by atoms with van der Waals surface area (Å²) >= 11 is 0. The Bertz CT molecular complexity index is 1010. The summed E-state index contributed by atoms with van der Waals surface area (Å²) in [6.07, 6.45) is 2.44. The molecule has 2 aromatic rings. The summed E-state index contributed by atoms with van der Waals surface area (Å²) in [6, 6.07) is 8.63. The minimum Gasteiger partial charge on any atom is -0.381 e. The minimum absolute atomic E-state index is 0.0397. The normalized spacial score (nSPS) is 19.8. The molecule has 2 aliphatic heterocycles. The maximum absolute atomic E-state index is 14.6. The Kier molecular flexibility index (Phi) is 7.17. The third kappa shape index (κ3) is 5.30. The van der Waals surface area contributed by atoms with Gasteiger partial charge in [-0.1, -0.05) is 44.2 Å². The molecule has 1 N–H and O–H groups in total. The van der Waals surface area contributed by atoms with Crippen LogP contribution in [-0.2, 0) is 27.3 Å². The third-order valence-electron chi connectivity index (χ3n) is 6.18. The number of fused-ring (bicyclic) bond motifs is 1. The van der Waals surface area contributed by atoms with Gasteiger partial charge in [-0.05, 0) is 24.0 Å². The molecule has 1 aromatic heterocycles. The maximum atomic E-state index is 14.6. The van der Waals surface area contributed by atoms with E-state index in [1.807, 2.05) is 24.5 Å². The molecule has 1 saturated heterocycles. The zero-order valence-corrected chi connectivity index (χ0v) is 19.0. The smallest absolute Gasteiger partial charge is 0.282 e. The van der Waals surface area contributed by atoms with Crippen molar-refractivity contribution in [3.8, 4) is 0 Å². The van der Waals surface area contributed by atoms with Crippen molar-refractivity contribution >= 4 is 17.9 Å². The summed E-state index contributed by atoms with van der Waals surface area (Å²) in [5, 5.41) is 11.8. The van der Waals surface area contributed by atoms with E-state index >= 15 is 0 Å². The zero-order chi connectivity index (χ0) is 23.4. The van der Waals surface area contributed by atoms with Gasteiger partial charge in [0.2, 0.25) is 5.91 Å². The van der Waals surface area contributed by atoms with E-state index in [1.165, 1.54) is 11.0 Å². The summed E-state index contributed by atoms with van der Waals surface area (Å²) < 4.78 is 21.9. The highest BCUT2D eigenvalue weighted by atomic mass is 19.1. The van der Waals surface area contributed by atoms with Gasteiger partial charge in [0, 0.05) is 32.7 Å². The number of carbonyl (C=O) groups excluding carboxylic acids is 2. The maximum Gasteiger partial charge on any atom is 0.282 e. The molecule has 1 fully saturated rings. The van der Waals surface area contributed by atoms with Gasteiger partial charge in [-0.3, -0.25) is 9.59 Å². The molecule has 4 rings (SSSR count). The van der Waals surface area contributed by atoms with Gasteiger partial charge < -0.3 is 19.5 Å². The lowest BCUT2D eigenvalue weighted by Gasteiger charge is -2.24. The van der Waals surface area contributed by atoms with Crippen LogP contribution < -0.4 is 5.32 Å². The van der Waals surface area contributed by atoms with E-state index in [9.17, 15) is 14.0 Å². The quantitative estimate of drug-likeness (QED) is 0.676. The van der Waals surface area contributed by atoms with Gasteiger partial charge in [-0.25, -0.2) is 4.39 Å². The Morgan fingerprint density at radius 2 is 1.97 bits per heavy atom. The number of carbonyl (C=O) groups is 2. The first-order valence-electron chi connectivity index (χ1n) is 11.5. The van der Waals surface area contributed by atoms with Crippen LogP contribution in [0.2, 0.25) is 0 Å². The van der Waals surface area contributed by atoms with Crippen LogP contribution in [0.3, 0.4) is 0 Å². The monoisotopic (exact) mass is 455 g/mol. The van der Waals surface area contributed by atoms with Crippen LogP contribution in [0, 0.1) is 11.8 Å². The average molecular weight is 456 g/mol. The Morgan fingerprint density at radius 1 is 1.18 bits per heavy atom. The molecule has 0 unspecified atom stereocenters. The van der Waals surface area contributed by atoms with Gasteiger partial charge in [0.15, 0.2) is 11.7 Å². The lowest BCUT2D eigenvalue weighted by atomic mass is 10.0. The van der Waals surface area contributed by atoms with Crippen molar-refractivity contribution in [1.29, 1.82) is 0 Å². The topological polar surface area (TPSA) is 89.3 Å². The molecule has 0 aliphatic carbocycles. The summed E-state index contributed by atoms with van der Waals surface area (Å²) in [7, 11) is 0. The fourth-order valence-electron chi connectivity index (χ4n) is 4.23. The summed E-state index contributed by atoms with van der Waals surface area (Å²) in [6.45, 7) is 6.21. The first-order chi connectivity index (χ1) is 15.9. The molecule has 0 radical (unpaired) electrons. The second-order valence-corrected chi connectivity index (χ2v) is 8.86. The fourth-order valence-corrected chi connectivity index (χ4v) is 4.23. The fraction of sp³-hybridized carbons (Fsp3) is 0.500. The van der Waals surface area contributed by atoms with Crippen LogP contribution in [0.5, 0.6) is 0 Å². The second-order valence-electron chi connectivity index (χ2n) is 8.86. The Labute approximate surface area is 192 Å².